The zero-order valence-electron chi connectivity index (χ0n) is 6.91. The Morgan fingerprint density at radius 3 is 1.36 bits per heavy atom. The minimum absolute atomic E-state index is 0. The van der Waals surface area contributed by atoms with Gasteiger partial charge in [-0.3, -0.25) is 4.98 Å². The summed E-state index contributed by atoms with van der Waals surface area (Å²) >= 11 is 0. The molecule has 0 aliphatic rings. The SMILES string of the molecule is C.CC(C)C.c1ccncc1. The highest BCUT2D eigenvalue weighted by atomic mass is 14.6. The van der Waals surface area contributed by atoms with E-state index in [1.54, 1.807) is 12.4 Å². The molecule has 1 heterocycles. The summed E-state index contributed by atoms with van der Waals surface area (Å²) in [6.07, 6.45) is 3.50. The zero-order valence-corrected chi connectivity index (χ0v) is 6.91. The molecule has 1 rings (SSSR count). The van der Waals surface area contributed by atoms with E-state index in [2.05, 4.69) is 25.8 Å². The van der Waals surface area contributed by atoms with Gasteiger partial charge in [0.25, 0.3) is 0 Å². The minimum Gasteiger partial charge on any atom is -0.265 e. The second-order valence-corrected chi connectivity index (χ2v) is 2.76. The summed E-state index contributed by atoms with van der Waals surface area (Å²) in [5.41, 5.74) is 0. The number of hydrogen-bond donors (Lipinski definition) is 0. The van der Waals surface area contributed by atoms with E-state index in [-0.39, 0.29) is 7.43 Å². The van der Waals surface area contributed by atoms with E-state index in [0.29, 0.717) is 0 Å². The van der Waals surface area contributed by atoms with Crippen LogP contribution in [0, 0.1) is 5.92 Å². The quantitative estimate of drug-likeness (QED) is 0.557. The van der Waals surface area contributed by atoms with Crippen molar-refractivity contribution in [2.45, 2.75) is 28.2 Å². The van der Waals surface area contributed by atoms with Gasteiger partial charge in [0, 0.05) is 12.4 Å². The molecule has 0 aromatic carbocycles. The largest absolute Gasteiger partial charge is 0.265 e. The minimum atomic E-state index is 0. The Morgan fingerprint density at radius 2 is 1.27 bits per heavy atom. The molecule has 0 atom stereocenters. The molecule has 0 aliphatic carbocycles. The maximum absolute atomic E-state index is 3.78. The summed E-state index contributed by atoms with van der Waals surface area (Å²) in [5, 5.41) is 0. The van der Waals surface area contributed by atoms with Crippen LogP contribution in [0.1, 0.15) is 28.2 Å². The molecule has 0 radical (unpaired) electrons. The fourth-order valence-corrected chi connectivity index (χ4v) is 0.313. The molecule has 0 unspecified atom stereocenters. The van der Waals surface area contributed by atoms with Gasteiger partial charge in [0.05, 0.1) is 0 Å². The Labute approximate surface area is 70.5 Å². The topological polar surface area (TPSA) is 12.9 Å². The summed E-state index contributed by atoms with van der Waals surface area (Å²) in [6, 6.07) is 5.72. The van der Waals surface area contributed by atoms with Gasteiger partial charge in [-0.1, -0.05) is 34.3 Å². The number of hydrogen-bond acceptors (Lipinski definition) is 1. The highest BCUT2D eigenvalue weighted by Crippen LogP contribution is 1.81. The maximum atomic E-state index is 3.78. The Morgan fingerprint density at radius 1 is 0.909 bits per heavy atom. The van der Waals surface area contributed by atoms with E-state index in [0.717, 1.165) is 5.92 Å². The molecule has 1 nitrogen and oxygen atoms in total. The molecule has 0 N–H and O–H groups in total. The van der Waals surface area contributed by atoms with Gasteiger partial charge in [-0.05, 0) is 18.1 Å². The lowest BCUT2D eigenvalue weighted by Crippen LogP contribution is -1.66. The van der Waals surface area contributed by atoms with E-state index >= 15 is 0 Å². The zero-order chi connectivity index (χ0) is 7.82. The maximum Gasteiger partial charge on any atom is 0.0267 e. The van der Waals surface area contributed by atoms with Crippen molar-refractivity contribution in [3.05, 3.63) is 30.6 Å². The number of pyridine rings is 1. The second-order valence-electron chi connectivity index (χ2n) is 2.76. The lowest BCUT2D eigenvalue weighted by atomic mass is 10.3. The smallest absolute Gasteiger partial charge is 0.0267 e. The second kappa shape index (κ2) is 9.15. The Balaban J connectivity index is 0. The average molecular weight is 153 g/mol. The normalized spacial score (nSPS) is 7.64. The van der Waals surface area contributed by atoms with Crippen molar-refractivity contribution < 1.29 is 0 Å². The van der Waals surface area contributed by atoms with Crippen LogP contribution in [0.3, 0.4) is 0 Å². The monoisotopic (exact) mass is 153 g/mol. The van der Waals surface area contributed by atoms with Crippen LogP contribution in [0.15, 0.2) is 30.6 Å². The fourth-order valence-electron chi connectivity index (χ4n) is 0.313. The molecule has 0 aliphatic heterocycles. The van der Waals surface area contributed by atoms with Crippen molar-refractivity contribution in [1.29, 1.82) is 0 Å². The summed E-state index contributed by atoms with van der Waals surface area (Å²) in [4.78, 5) is 3.78. The molecule has 0 saturated heterocycles. The highest BCUT2D eigenvalue weighted by Gasteiger charge is 1.68. The van der Waals surface area contributed by atoms with Gasteiger partial charge in [0.15, 0.2) is 0 Å². The average Bonchev–Trinajstić information content (AvgIpc) is 1.90. The third-order valence-corrected chi connectivity index (χ3v) is 0.566. The molecule has 64 valence electrons. The van der Waals surface area contributed by atoms with Gasteiger partial charge in [0.2, 0.25) is 0 Å². The van der Waals surface area contributed by atoms with Crippen LogP contribution in [0.25, 0.3) is 0 Å². The lowest BCUT2D eigenvalue weighted by molar-refractivity contribution is 0.737. The van der Waals surface area contributed by atoms with Gasteiger partial charge in [-0.15, -0.1) is 0 Å². The molecule has 0 spiro atoms. The molecule has 0 fully saturated rings. The molecule has 0 amide bonds. The van der Waals surface area contributed by atoms with Crippen molar-refractivity contribution in [2.24, 2.45) is 5.92 Å². The molecule has 0 saturated carbocycles. The number of aromatic nitrogens is 1. The number of rotatable bonds is 0. The fraction of sp³-hybridized carbons (Fsp3) is 0.500. The van der Waals surface area contributed by atoms with Crippen molar-refractivity contribution >= 4 is 0 Å². The van der Waals surface area contributed by atoms with E-state index in [1.165, 1.54) is 0 Å². The van der Waals surface area contributed by atoms with Crippen molar-refractivity contribution in [3.8, 4) is 0 Å². The number of nitrogens with zero attached hydrogens (tertiary/aromatic N) is 1. The summed E-state index contributed by atoms with van der Waals surface area (Å²) in [5.74, 6) is 0.833. The molecule has 0 bridgehead atoms. The molecule has 1 aromatic heterocycles. The van der Waals surface area contributed by atoms with Crippen LogP contribution < -0.4 is 0 Å². The third-order valence-electron chi connectivity index (χ3n) is 0.566. The first kappa shape index (κ1) is 12.8. The Kier molecular flexibility index (Phi) is 10.6. The Bertz CT molecular complexity index is 105. The van der Waals surface area contributed by atoms with Crippen LogP contribution >= 0.6 is 0 Å². The van der Waals surface area contributed by atoms with Crippen LogP contribution in [0.4, 0.5) is 0 Å². The molecular weight excluding hydrogens is 134 g/mol. The lowest BCUT2D eigenvalue weighted by Gasteiger charge is -1.79. The summed E-state index contributed by atoms with van der Waals surface area (Å²) < 4.78 is 0. The van der Waals surface area contributed by atoms with Gasteiger partial charge in [-0.25, -0.2) is 0 Å². The van der Waals surface area contributed by atoms with E-state index in [1.807, 2.05) is 18.2 Å². The van der Waals surface area contributed by atoms with E-state index in [4.69, 9.17) is 0 Å². The van der Waals surface area contributed by atoms with Gasteiger partial charge >= 0.3 is 0 Å². The third kappa shape index (κ3) is 17.6. The predicted molar refractivity (Wildman–Crippen MR) is 51.5 cm³/mol. The highest BCUT2D eigenvalue weighted by molar-refractivity contribution is 4.88. The summed E-state index contributed by atoms with van der Waals surface area (Å²) in [6.45, 7) is 6.50. The van der Waals surface area contributed by atoms with Crippen LogP contribution in [-0.2, 0) is 0 Å². The van der Waals surface area contributed by atoms with Crippen LogP contribution in [0.2, 0.25) is 0 Å². The van der Waals surface area contributed by atoms with Gasteiger partial charge < -0.3 is 0 Å². The first-order valence-electron chi connectivity index (χ1n) is 3.58. The van der Waals surface area contributed by atoms with E-state index < -0.39 is 0 Å². The van der Waals surface area contributed by atoms with Gasteiger partial charge in [0.1, 0.15) is 0 Å². The Hall–Kier alpha value is -0.850. The van der Waals surface area contributed by atoms with Crippen molar-refractivity contribution in [1.82, 2.24) is 4.98 Å². The molecular formula is C10H19N. The first-order chi connectivity index (χ1) is 4.73. The van der Waals surface area contributed by atoms with Crippen molar-refractivity contribution in [3.63, 3.8) is 0 Å². The molecule has 1 heteroatoms. The summed E-state index contributed by atoms with van der Waals surface area (Å²) in [7, 11) is 0. The van der Waals surface area contributed by atoms with Crippen LogP contribution in [0.5, 0.6) is 0 Å². The van der Waals surface area contributed by atoms with Crippen molar-refractivity contribution in [2.75, 3.05) is 0 Å². The molecule has 1 aromatic rings. The van der Waals surface area contributed by atoms with Gasteiger partial charge in [-0.2, -0.15) is 0 Å². The van der Waals surface area contributed by atoms with E-state index in [9.17, 15) is 0 Å². The first-order valence-corrected chi connectivity index (χ1v) is 3.58. The van der Waals surface area contributed by atoms with Crippen LogP contribution in [-0.4, -0.2) is 4.98 Å². The molecule has 11 heavy (non-hydrogen) atoms. The predicted octanol–water partition coefficient (Wildman–Crippen LogP) is 3.38. The standard InChI is InChI=1S/C5H5N.C4H10.CH4/c1-2-4-6-5-3-1;1-4(2)3;/h1-5H;4H,1-3H3;1H4.